The second kappa shape index (κ2) is 5.00. The van der Waals surface area contributed by atoms with E-state index in [1.54, 1.807) is 6.92 Å². The summed E-state index contributed by atoms with van der Waals surface area (Å²) >= 11 is 0. The average molecular weight is 273 g/mol. The molecule has 1 saturated carbocycles. The third-order valence-electron chi connectivity index (χ3n) is 4.21. The van der Waals surface area contributed by atoms with Crippen LogP contribution in [0.15, 0.2) is 34.9 Å². The van der Waals surface area contributed by atoms with Crippen LogP contribution in [0, 0.1) is 0 Å². The molecule has 0 unspecified atom stereocenters. The fraction of sp³-hybridized carbons (Fsp3) is 0.467. The van der Waals surface area contributed by atoms with Gasteiger partial charge in [0.05, 0.1) is 11.5 Å². The highest BCUT2D eigenvalue weighted by molar-refractivity contribution is 5.35. The monoisotopic (exact) mass is 273 g/mol. The van der Waals surface area contributed by atoms with Gasteiger partial charge in [0.15, 0.2) is 5.82 Å². The van der Waals surface area contributed by atoms with Gasteiger partial charge in [-0.3, -0.25) is 0 Å². The molecule has 0 bridgehead atoms. The van der Waals surface area contributed by atoms with E-state index >= 15 is 0 Å². The number of rotatable bonds is 4. The van der Waals surface area contributed by atoms with E-state index in [0.717, 1.165) is 19.3 Å². The van der Waals surface area contributed by atoms with Crippen molar-refractivity contribution < 1.29 is 9.63 Å². The summed E-state index contributed by atoms with van der Waals surface area (Å²) < 4.78 is 5.25. The van der Waals surface area contributed by atoms with E-state index in [2.05, 4.69) is 22.3 Å². The van der Waals surface area contributed by atoms with Gasteiger partial charge in [-0.1, -0.05) is 41.9 Å². The van der Waals surface area contributed by atoms with Crippen LogP contribution in [0.5, 0.6) is 0 Å². The minimum Gasteiger partial charge on any atom is -0.391 e. The second-order valence-electron chi connectivity index (χ2n) is 5.52. The van der Waals surface area contributed by atoms with Crippen LogP contribution in [0.2, 0.25) is 0 Å². The highest BCUT2D eigenvalue weighted by Gasteiger charge is 2.44. The first-order valence-corrected chi connectivity index (χ1v) is 6.97. The predicted octanol–water partition coefficient (Wildman–Crippen LogP) is 1.92. The molecule has 0 radical (unpaired) electrons. The SMILES string of the molecule is C[C@@H](O)[C@H](N)c1nc(C2(c3ccccc3)CCC2)no1. The summed E-state index contributed by atoms with van der Waals surface area (Å²) in [5.41, 5.74) is 6.91. The summed E-state index contributed by atoms with van der Waals surface area (Å²) in [4.78, 5) is 4.44. The van der Waals surface area contributed by atoms with Crippen molar-refractivity contribution in [2.75, 3.05) is 0 Å². The Labute approximate surface area is 117 Å². The minimum atomic E-state index is -0.711. The maximum atomic E-state index is 9.52. The smallest absolute Gasteiger partial charge is 0.246 e. The van der Waals surface area contributed by atoms with Crippen molar-refractivity contribution in [1.82, 2.24) is 10.1 Å². The molecule has 5 heteroatoms. The third kappa shape index (κ3) is 2.03. The number of benzene rings is 1. The first-order valence-electron chi connectivity index (χ1n) is 6.97. The normalized spacial score (nSPS) is 20.1. The molecule has 20 heavy (non-hydrogen) atoms. The Morgan fingerprint density at radius 3 is 2.55 bits per heavy atom. The van der Waals surface area contributed by atoms with Gasteiger partial charge in [-0.25, -0.2) is 0 Å². The summed E-state index contributed by atoms with van der Waals surface area (Å²) in [5, 5.41) is 13.6. The Morgan fingerprint density at radius 1 is 1.30 bits per heavy atom. The molecular formula is C15H19N3O2. The topological polar surface area (TPSA) is 85.2 Å². The highest BCUT2D eigenvalue weighted by Crippen LogP contribution is 2.47. The Morgan fingerprint density at radius 2 is 2.00 bits per heavy atom. The summed E-state index contributed by atoms with van der Waals surface area (Å²) in [6, 6.07) is 9.62. The van der Waals surface area contributed by atoms with Crippen molar-refractivity contribution in [2.45, 2.75) is 43.7 Å². The van der Waals surface area contributed by atoms with Crippen LogP contribution in [0.1, 0.15) is 49.5 Å². The number of aromatic nitrogens is 2. The Hall–Kier alpha value is -1.72. The summed E-state index contributed by atoms with van der Waals surface area (Å²) in [7, 11) is 0. The predicted molar refractivity (Wildman–Crippen MR) is 74.0 cm³/mol. The molecule has 1 aromatic carbocycles. The first-order chi connectivity index (χ1) is 9.63. The lowest BCUT2D eigenvalue weighted by Crippen LogP contribution is -2.36. The van der Waals surface area contributed by atoms with E-state index in [1.807, 2.05) is 18.2 Å². The van der Waals surface area contributed by atoms with Crippen molar-refractivity contribution in [1.29, 1.82) is 0 Å². The molecule has 3 rings (SSSR count). The molecule has 0 spiro atoms. The molecule has 106 valence electrons. The minimum absolute atomic E-state index is 0.151. The molecule has 2 aromatic rings. The molecule has 1 fully saturated rings. The van der Waals surface area contributed by atoms with E-state index in [4.69, 9.17) is 10.3 Å². The largest absolute Gasteiger partial charge is 0.391 e. The number of nitrogens with two attached hydrogens (primary N) is 1. The third-order valence-corrected chi connectivity index (χ3v) is 4.21. The van der Waals surface area contributed by atoms with Crippen LogP contribution in [0.4, 0.5) is 0 Å². The van der Waals surface area contributed by atoms with Crippen molar-refractivity contribution in [3.63, 3.8) is 0 Å². The van der Waals surface area contributed by atoms with E-state index < -0.39 is 12.1 Å². The second-order valence-corrected chi connectivity index (χ2v) is 5.52. The van der Waals surface area contributed by atoms with E-state index in [1.165, 1.54) is 5.56 Å². The van der Waals surface area contributed by atoms with Gasteiger partial charge < -0.3 is 15.4 Å². The molecule has 5 nitrogen and oxygen atoms in total. The molecule has 2 atom stereocenters. The van der Waals surface area contributed by atoms with Crippen LogP contribution in [0.3, 0.4) is 0 Å². The van der Waals surface area contributed by atoms with Crippen molar-refractivity contribution in [3.8, 4) is 0 Å². The van der Waals surface area contributed by atoms with Crippen molar-refractivity contribution in [2.24, 2.45) is 5.73 Å². The highest BCUT2D eigenvalue weighted by atomic mass is 16.5. The van der Waals surface area contributed by atoms with E-state index in [-0.39, 0.29) is 5.41 Å². The van der Waals surface area contributed by atoms with Gasteiger partial charge in [0.1, 0.15) is 6.04 Å². The van der Waals surface area contributed by atoms with Crippen molar-refractivity contribution >= 4 is 0 Å². The van der Waals surface area contributed by atoms with Crippen LogP contribution >= 0.6 is 0 Å². The molecule has 1 aromatic heterocycles. The van der Waals surface area contributed by atoms with E-state index in [9.17, 15) is 5.11 Å². The Bertz CT molecular complexity index is 576. The van der Waals surface area contributed by atoms with Gasteiger partial charge in [0.2, 0.25) is 5.89 Å². The average Bonchev–Trinajstić information content (AvgIpc) is 2.87. The van der Waals surface area contributed by atoms with Gasteiger partial charge in [-0.05, 0) is 25.3 Å². The Kier molecular flexibility index (Phi) is 3.31. The maximum Gasteiger partial charge on any atom is 0.246 e. The Balaban J connectivity index is 1.95. The molecule has 0 amide bonds. The van der Waals surface area contributed by atoms with Crippen LogP contribution in [-0.4, -0.2) is 21.4 Å². The number of hydrogen-bond acceptors (Lipinski definition) is 5. The van der Waals surface area contributed by atoms with Gasteiger partial charge >= 0.3 is 0 Å². The molecule has 0 saturated heterocycles. The molecule has 1 heterocycles. The molecule has 1 aliphatic rings. The summed E-state index contributed by atoms with van der Waals surface area (Å²) in [6.45, 7) is 1.62. The standard InChI is InChI=1S/C15H19N3O2/c1-10(19)12(16)13-17-14(18-20-13)15(8-5-9-15)11-6-3-2-4-7-11/h2-4,6-7,10,12,19H,5,8-9,16H2,1H3/t10-,12+/m1/s1. The van der Waals surface area contributed by atoms with Gasteiger partial charge in [0.25, 0.3) is 0 Å². The zero-order valence-electron chi connectivity index (χ0n) is 11.5. The zero-order valence-corrected chi connectivity index (χ0v) is 11.5. The summed E-state index contributed by atoms with van der Waals surface area (Å²) in [5.74, 6) is 0.984. The zero-order chi connectivity index (χ0) is 14.2. The lowest BCUT2D eigenvalue weighted by Gasteiger charge is -2.39. The lowest BCUT2D eigenvalue weighted by atomic mass is 9.64. The first kappa shape index (κ1) is 13.3. The summed E-state index contributed by atoms with van der Waals surface area (Å²) in [6.07, 6.45) is 2.47. The van der Waals surface area contributed by atoms with Crippen LogP contribution < -0.4 is 5.73 Å². The fourth-order valence-electron chi connectivity index (χ4n) is 2.70. The van der Waals surface area contributed by atoms with E-state index in [0.29, 0.717) is 11.7 Å². The number of aliphatic hydroxyl groups is 1. The number of aliphatic hydroxyl groups excluding tert-OH is 1. The van der Waals surface area contributed by atoms with Crippen molar-refractivity contribution in [3.05, 3.63) is 47.6 Å². The molecule has 3 N–H and O–H groups in total. The van der Waals surface area contributed by atoms with Crippen LogP contribution in [-0.2, 0) is 5.41 Å². The van der Waals surface area contributed by atoms with Gasteiger partial charge in [0, 0.05) is 0 Å². The molecule has 0 aliphatic heterocycles. The quantitative estimate of drug-likeness (QED) is 0.889. The molecule has 1 aliphatic carbocycles. The van der Waals surface area contributed by atoms with Crippen LogP contribution in [0.25, 0.3) is 0 Å². The fourth-order valence-corrected chi connectivity index (χ4v) is 2.70. The number of nitrogens with zero attached hydrogens (tertiary/aromatic N) is 2. The number of hydrogen-bond donors (Lipinski definition) is 2. The van der Waals surface area contributed by atoms with Gasteiger partial charge in [-0.15, -0.1) is 0 Å². The lowest BCUT2D eigenvalue weighted by molar-refractivity contribution is 0.146. The van der Waals surface area contributed by atoms with Gasteiger partial charge in [-0.2, -0.15) is 4.98 Å². The molecular weight excluding hydrogens is 254 g/mol. The maximum absolute atomic E-state index is 9.52.